The van der Waals surface area contributed by atoms with E-state index in [9.17, 15) is 18.8 Å². The van der Waals surface area contributed by atoms with Crippen LogP contribution in [0, 0.1) is 5.41 Å². The minimum Gasteiger partial charge on any atom is -0.493 e. The zero-order valence-corrected chi connectivity index (χ0v) is 15.4. The molecule has 6 nitrogen and oxygen atoms in total. The van der Waals surface area contributed by atoms with E-state index in [4.69, 9.17) is 9.47 Å². The highest BCUT2D eigenvalue weighted by Crippen LogP contribution is 2.44. The highest BCUT2D eigenvalue weighted by Gasteiger charge is 2.58. The Labute approximate surface area is 156 Å². The maximum absolute atomic E-state index is 14.1. The monoisotopic (exact) mass is 421 g/mol. The maximum atomic E-state index is 14.1. The van der Waals surface area contributed by atoms with Gasteiger partial charge in [-0.3, -0.25) is 19.4 Å². The quantitative estimate of drug-likeness (QED) is 0.419. The van der Waals surface area contributed by atoms with E-state index >= 15 is 0 Å². The number of aromatic nitrogens is 1. The topological polar surface area (TPSA) is 82.6 Å². The molecule has 3 rings (SSSR count). The largest absolute Gasteiger partial charge is 0.493 e. The van der Waals surface area contributed by atoms with Gasteiger partial charge in [0.1, 0.15) is 5.69 Å². The van der Waals surface area contributed by atoms with E-state index in [0.717, 1.165) is 0 Å². The van der Waals surface area contributed by atoms with Crippen LogP contribution in [0.25, 0.3) is 0 Å². The Bertz CT molecular complexity index is 928. The second kappa shape index (κ2) is 6.60. The fourth-order valence-electron chi connectivity index (χ4n) is 3.03. The summed E-state index contributed by atoms with van der Waals surface area (Å²) in [5.41, 5.74) is -2.25. The van der Waals surface area contributed by atoms with Crippen molar-refractivity contribution in [2.75, 3.05) is 14.2 Å². The Hall–Kier alpha value is -2.61. The van der Waals surface area contributed by atoms with Crippen molar-refractivity contribution >= 4 is 33.5 Å². The van der Waals surface area contributed by atoms with Crippen molar-refractivity contribution in [1.29, 1.82) is 0 Å². The molecule has 1 aliphatic carbocycles. The highest BCUT2D eigenvalue weighted by molar-refractivity contribution is 9.10. The van der Waals surface area contributed by atoms with E-state index < -0.39 is 29.4 Å². The first-order valence-electron chi connectivity index (χ1n) is 7.51. The van der Waals surface area contributed by atoms with E-state index in [1.54, 1.807) is 0 Å². The Morgan fingerprint density at radius 2 is 1.85 bits per heavy atom. The van der Waals surface area contributed by atoms with Crippen LogP contribution in [0.5, 0.6) is 11.5 Å². The second-order valence-corrected chi connectivity index (χ2v) is 6.66. The van der Waals surface area contributed by atoms with Crippen molar-refractivity contribution in [3.8, 4) is 11.5 Å². The number of nitrogens with zero attached hydrogens (tertiary/aromatic N) is 1. The first-order valence-corrected chi connectivity index (χ1v) is 8.30. The van der Waals surface area contributed by atoms with Gasteiger partial charge in [0.2, 0.25) is 5.78 Å². The van der Waals surface area contributed by atoms with Crippen LogP contribution in [-0.2, 0) is 11.2 Å². The normalized spacial score (nSPS) is 18.4. The number of carbonyl (C=O) groups excluding carboxylic acids is 3. The molecule has 1 aliphatic rings. The fraction of sp³-hybridized carbons (Fsp3) is 0.222. The van der Waals surface area contributed by atoms with E-state index in [-0.39, 0.29) is 17.0 Å². The molecule has 0 N–H and O–H groups in total. The third-order valence-electron chi connectivity index (χ3n) is 4.38. The van der Waals surface area contributed by atoms with Gasteiger partial charge in [-0.1, -0.05) is 0 Å². The lowest BCUT2D eigenvalue weighted by Gasteiger charge is -2.19. The molecule has 1 aromatic carbocycles. The first kappa shape index (κ1) is 18.2. The van der Waals surface area contributed by atoms with E-state index in [0.29, 0.717) is 15.8 Å². The van der Waals surface area contributed by atoms with Gasteiger partial charge >= 0.3 is 6.04 Å². The van der Waals surface area contributed by atoms with E-state index in [1.165, 1.54) is 44.7 Å². The van der Waals surface area contributed by atoms with E-state index in [2.05, 4.69) is 20.9 Å². The van der Waals surface area contributed by atoms with Crippen LogP contribution in [0.3, 0.4) is 0 Å². The van der Waals surface area contributed by atoms with Crippen LogP contribution in [0.1, 0.15) is 26.4 Å². The average Bonchev–Trinajstić information content (AvgIpc) is 2.93. The van der Waals surface area contributed by atoms with Crippen molar-refractivity contribution in [1.82, 2.24) is 4.98 Å². The van der Waals surface area contributed by atoms with Crippen LogP contribution in [0.15, 0.2) is 34.9 Å². The molecule has 0 saturated carbocycles. The minimum absolute atomic E-state index is 0.0547. The molecule has 134 valence electrons. The Balaban J connectivity index is 2.14. The molecule has 1 unspecified atom stereocenters. The number of fused-ring (bicyclic) bond motifs is 1. The van der Waals surface area contributed by atoms with Crippen molar-refractivity contribution in [3.05, 3.63) is 51.8 Å². The number of benzene rings is 1. The number of rotatable bonds is 5. The smallest absolute Gasteiger partial charge is 0.323 e. The molecule has 0 bridgehead atoms. The molecule has 0 saturated heterocycles. The molecular weight excluding hydrogens is 409 g/mol. The number of Topliss-reactive ketones (excluding diaryl/α,β-unsaturated/α-hetero) is 2. The third-order valence-corrected chi connectivity index (χ3v) is 4.85. The average molecular weight is 422 g/mol. The predicted molar refractivity (Wildman–Crippen MR) is 92.4 cm³/mol. The lowest BCUT2D eigenvalue weighted by Crippen LogP contribution is -2.43. The van der Waals surface area contributed by atoms with Gasteiger partial charge in [0, 0.05) is 22.7 Å². The fourth-order valence-corrected chi connectivity index (χ4v) is 3.27. The second-order valence-electron chi connectivity index (χ2n) is 5.74. The van der Waals surface area contributed by atoms with Gasteiger partial charge in [0.15, 0.2) is 22.7 Å². The van der Waals surface area contributed by atoms with Crippen LogP contribution in [-0.4, -0.2) is 36.8 Å². The van der Waals surface area contributed by atoms with Crippen LogP contribution in [0.4, 0.5) is 4.39 Å². The zero-order chi connectivity index (χ0) is 19.1. The third kappa shape index (κ3) is 2.61. The Morgan fingerprint density at radius 1 is 1.19 bits per heavy atom. The van der Waals surface area contributed by atoms with Gasteiger partial charge in [-0.25, -0.2) is 0 Å². The van der Waals surface area contributed by atoms with Gasteiger partial charge in [0.25, 0.3) is 0 Å². The molecule has 1 aromatic heterocycles. The lowest BCUT2D eigenvalue weighted by molar-refractivity contribution is -0.134. The van der Waals surface area contributed by atoms with Gasteiger partial charge in [-0.15, -0.1) is 0 Å². The minimum atomic E-state index is -2.47. The summed E-state index contributed by atoms with van der Waals surface area (Å²) >= 11 is 3.18. The molecule has 1 heterocycles. The van der Waals surface area contributed by atoms with Gasteiger partial charge in [0.05, 0.1) is 14.2 Å². The lowest BCUT2D eigenvalue weighted by atomic mass is 9.78. The number of ketones is 2. The van der Waals surface area contributed by atoms with Gasteiger partial charge < -0.3 is 9.47 Å². The summed E-state index contributed by atoms with van der Waals surface area (Å²) in [5, 5.41) is 0. The number of hydrogen-bond donors (Lipinski definition) is 0. The molecule has 0 amide bonds. The predicted octanol–water partition coefficient (Wildman–Crippen LogP) is 2.97. The summed E-state index contributed by atoms with van der Waals surface area (Å²) in [6.45, 7) is 0. The van der Waals surface area contributed by atoms with Crippen molar-refractivity contribution in [3.63, 3.8) is 0 Å². The summed E-state index contributed by atoms with van der Waals surface area (Å²) in [6.07, 6.45) is 0.940. The first-order chi connectivity index (χ1) is 12.3. The standard InChI is InChI=1S/C18H13BrFNO5/c1-25-13-5-9-7-18(17(20)24,15(22)11(9)6-14(13)26-2)16(23)12-4-3-10(19)8-21-12/h3-6,8H,7H2,1-2H3. The van der Waals surface area contributed by atoms with Crippen LogP contribution in [0.2, 0.25) is 0 Å². The van der Waals surface area contributed by atoms with Crippen LogP contribution >= 0.6 is 15.9 Å². The molecule has 0 aliphatic heterocycles. The van der Waals surface area contributed by atoms with Gasteiger partial charge in [-0.05, 0) is 45.8 Å². The molecular formula is C18H13BrFNO5. The van der Waals surface area contributed by atoms with Crippen molar-refractivity contribution in [2.24, 2.45) is 5.41 Å². The summed E-state index contributed by atoms with van der Waals surface area (Å²) in [5.74, 6) is -1.32. The van der Waals surface area contributed by atoms with Crippen molar-refractivity contribution < 1.29 is 28.2 Å². The number of carbonyl (C=O) groups is 3. The number of halogens is 2. The summed E-state index contributed by atoms with van der Waals surface area (Å²) < 4.78 is 25.0. The molecule has 26 heavy (non-hydrogen) atoms. The van der Waals surface area contributed by atoms with Gasteiger partial charge in [-0.2, -0.15) is 4.39 Å². The van der Waals surface area contributed by atoms with Crippen molar-refractivity contribution in [2.45, 2.75) is 6.42 Å². The summed E-state index contributed by atoms with van der Waals surface area (Å²) in [6, 6.07) is 3.66. The zero-order valence-electron chi connectivity index (χ0n) is 13.8. The summed E-state index contributed by atoms with van der Waals surface area (Å²) in [7, 11) is 2.79. The Morgan fingerprint density at radius 3 is 2.38 bits per heavy atom. The molecule has 0 radical (unpaired) electrons. The SMILES string of the molecule is COc1cc2c(cc1OC)C(=O)C(C(=O)F)(C(=O)c1ccc(Br)cn1)C2. The molecule has 0 fully saturated rings. The van der Waals surface area contributed by atoms with Crippen LogP contribution < -0.4 is 9.47 Å². The summed E-state index contributed by atoms with van der Waals surface area (Å²) in [4.78, 5) is 41.5. The molecule has 2 aromatic rings. The molecule has 8 heteroatoms. The Kier molecular flexibility index (Phi) is 4.62. The number of hydrogen-bond acceptors (Lipinski definition) is 6. The number of methoxy groups -OCH3 is 2. The molecule has 0 spiro atoms. The van der Waals surface area contributed by atoms with E-state index in [1.807, 2.05) is 0 Å². The highest BCUT2D eigenvalue weighted by atomic mass is 79.9. The number of pyridine rings is 1. The molecule has 1 atom stereocenters. The maximum Gasteiger partial charge on any atom is 0.323 e. The number of ether oxygens (including phenoxy) is 2.